The molecule has 4 heterocycles. The topological polar surface area (TPSA) is 128 Å². The van der Waals surface area contributed by atoms with E-state index in [0.29, 0.717) is 19.5 Å². The van der Waals surface area contributed by atoms with E-state index >= 15 is 0 Å². The van der Waals surface area contributed by atoms with E-state index in [1.165, 1.54) is 6.20 Å². The van der Waals surface area contributed by atoms with Crippen molar-refractivity contribution < 1.29 is 18.0 Å². The van der Waals surface area contributed by atoms with Crippen molar-refractivity contribution in [2.24, 2.45) is 0 Å². The highest BCUT2D eigenvalue weighted by Crippen LogP contribution is 2.32. The molecule has 0 spiro atoms. The molecule has 0 aromatic carbocycles. The van der Waals surface area contributed by atoms with Gasteiger partial charge in [-0.15, -0.1) is 0 Å². The first-order chi connectivity index (χ1) is 11.4. The highest BCUT2D eigenvalue weighted by Gasteiger charge is 2.47. The largest absolute Gasteiger partial charge is 0.333 e. The maximum Gasteiger partial charge on any atom is 0.276 e. The second-order valence-corrected chi connectivity index (χ2v) is 8.35. The molecule has 11 heteroatoms. The highest BCUT2D eigenvalue weighted by molar-refractivity contribution is 7.89. The Balaban J connectivity index is 1.47. The van der Waals surface area contributed by atoms with E-state index < -0.39 is 16.1 Å². The fourth-order valence-corrected chi connectivity index (χ4v) is 5.17. The quantitative estimate of drug-likeness (QED) is 0.652. The van der Waals surface area contributed by atoms with Crippen molar-refractivity contribution in [3.8, 4) is 0 Å². The number of hydrogen-bond donors (Lipinski definition) is 2. The number of likely N-dealkylation sites (tertiary alicyclic amines) is 1. The molecule has 2 bridgehead atoms. The monoisotopic (exact) mass is 354 g/mol. The number of fused-ring (bicyclic) bond motifs is 2. The van der Waals surface area contributed by atoms with E-state index in [1.807, 2.05) is 0 Å². The number of sulfonamides is 1. The highest BCUT2D eigenvalue weighted by atomic mass is 32.2. The normalized spacial score (nSPS) is 31.4. The minimum Gasteiger partial charge on any atom is -0.333 e. The van der Waals surface area contributed by atoms with Crippen LogP contribution in [0.1, 0.15) is 29.8 Å². The first-order valence-corrected chi connectivity index (χ1v) is 9.57. The zero-order chi connectivity index (χ0) is 16.9. The molecule has 1 aromatic heterocycles. The lowest BCUT2D eigenvalue weighted by Gasteiger charge is -2.41. The Bertz CT molecular complexity index is 749. The summed E-state index contributed by atoms with van der Waals surface area (Å²) in [5, 5.41) is 9.88. The van der Waals surface area contributed by atoms with Gasteiger partial charge < -0.3 is 9.80 Å². The van der Waals surface area contributed by atoms with E-state index in [-0.39, 0.29) is 35.3 Å². The number of rotatable bonds is 2. The molecule has 1 aromatic rings. The molecule has 2 N–H and O–H groups in total. The minimum atomic E-state index is -3.33. The molecule has 3 aliphatic heterocycles. The van der Waals surface area contributed by atoms with Gasteiger partial charge in [-0.3, -0.25) is 9.59 Å². The van der Waals surface area contributed by atoms with Gasteiger partial charge in [-0.1, -0.05) is 0 Å². The van der Waals surface area contributed by atoms with Crippen LogP contribution in [0, 0.1) is 0 Å². The number of H-pyrrole nitrogens is 1. The number of aromatic amines is 1. The summed E-state index contributed by atoms with van der Waals surface area (Å²) in [4.78, 5) is 28.6. The van der Waals surface area contributed by atoms with Crippen LogP contribution in [-0.2, 0) is 14.8 Å². The van der Waals surface area contributed by atoms with Crippen LogP contribution in [0.15, 0.2) is 6.20 Å². The Morgan fingerprint density at radius 3 is 2.42 bits per heavy atom. The Morgan fingerprint density at radius 2 is 1.88 bits per heavy atom. The summed E-state index contributed by atoms with van der Waals surface area (Å²) >= 11 is 0. The van der Waals surface area contributed by atoms with Crippen LogP contribution in [0.3, 0.4) is 0 Å². The average Bonchev–Trinajstić information content (AvgIpc) is 3.25. The summed E-state index contributed by atoms with van der Waals surface area (Å²) in [5.74, 6) is -0.380. The van der Waals surface area contributed by atoms with Crippen molar-refractivity contribution in [2.75, 3.05) is 18.8 Å². The predicted molar refractivity (Wildman–Crippen MR) is 81.3 cm³/mol. The maximum atomic E-state index is 12.7. The van der Waals surface area contributed by atoms with Crippen molar-refractivity contribution in [3.05, 3.63) is 11.9 Å². The lowest BCUT2D eigenvalue weighted by Crippen LogP contribution is -2.60. The molecule has 0 radical (unpaired) electrons. The molecule has 0 aliphatic carbocycles. The van der Waals surface area contributed by atoms with Gasteiger partial charge in [0.05, 0.1) is 11.9 Å². The molecule has 0 saturated carbocycles. The van der Waals surface area contributed by atoms with Crippen molar-refractivity contribution in [1.29, 1.82) is 0 Å². The van der Waals surface area contributed by atoms with Crippen LogP contribution >= 0.6 is 0 Å². The first kappa shape index (κ1) is 15.5. The molecule has 3 aliphatic rings. The number of hydrogen-bond acceptors (Lipinski definition) is 6. The van der Waals surface area contributed by atoms with Gasteiger partial charge in [0.2, 0.25) is 15.9 Å². The van der Waals surface area contributed by atoms with Crippen molar-refractivity contribution >= 4 is 21.8 Å². The third-order valence-electron chi connectivity index (χ3n) is 4.95. The molecular weight excluding hydrogens is 336 g/mol. The molecular formula is C13H18N6O4S. The summed E-state index contributed by atoms with van der Waals surface area (Å²) in [6.45, 7) is 0.876. The molecule has 3 unspecified atom stereocenters. The summed E-state index contributed by atoms with van der Waals surface area (Å²) in [5.41, 5.74) is 0.262. The summed E-state index contributed by atoms with van der Waals surface area (Å²) in [6.07, 6.45) is 3.32. The zero-order valence-corrected chi connectivity index (χ0v) is 13.7. The number of carbonyl (C=O) groups is 2. The van der Waals surface area contributed by atoms with E-state index in [9.17, 15) is 18.0 Å². The molecule has 3 atom stereocenters. The van der Waals surface area contributed by atoms with Gasteiger partial charge in [0, 0.05) is 25.2 Å². The second-order valence-electron chi connectivity index (χ2n) is 6.47. The number of carbonyl (C=O) groups excluding carboxylic acids is 2. The molecule has 3 fully saturated rings. The van der Waals surface area contributed by atoms with Crippen LogP contribution in [-0.4, -0.2) is 82.4 Å². The lowest BCUT2D eigenvalue weighted by molar-refractivity contribution is -0.138. The SMILES string of the molecule is O=C(c1cn[nH]n1)N1CC2CCC(C1)N2C(=O)C1CCS(=O)(=O)N1. The number of piperazine rings is 1. The summed E-state index contributed by atoms with van der Waals surface area (Å²) in [6, 6.07) is -0.815. The van der Waals surface area contributed by atoms with Gasteiger partial charge in [-0.2, -0.15) is 15.4 Å². The Kier molecular flexibility index (Phi) is 3.57. The Hall–Kier alpha value is -2.01. The third kappa shape index (κ3) is 2.57. The molecule has 10 nitrogen and oxygen atoms in total. The number of amides is 2. The van der Waals surface area contributed by atoms with E-state index in [2.05, 4.69) is 20.1 Å². The second kappa shape index (κ2) is 5.52. The zero-order valence-electron chi connectivity index (χ0n) is 12.9. The minimum absolute atomic E-state index is 0.0106. The van der Waals surface area contributed by atoms with Crippen LogP contribution in [0.4, 0.5) is 0 Å². The average molecular weight is 354 g/mol. The van der Waals surface area contributed by atoms with Crippen molar-refractivity contribution in [3.63, 3.8) is 0 Å². The number of nitrogens with one attached hydrogen (secondary N) is 2. The standard InChI is InChI=1S/C13H18N6O4S/c20-12(11-5-14-17-15-11)18-6-8-1-2-9(7-18)19(8)13(21)10-3-4-24(22,23)16-10/h5,8-10,16H,1-4,6-7H2,(H,14,15,17). The third-order valence-corrected chi connectivity index (χ3v) is 6.37. The fraction of sp³-hybridized carbons (Fsp3) is 0.692. The molecule has 2 amide bonds. The summed E-state index contributed by atoms with van der Waals surface area (Å²) in [7, 11) is -3.33. The molecule has 130 valence electrons. The van der Waals surface area contributed by atoms with Gasteiger partial charge in [0.1, 0.15) is 6.04 Å². The van der Waals surface area contributed by atoms with Gasteiger partial charge in [0.15, 0.2) is 5.69 Å². The fourth-order valence-electron chi connectivity index (χ4n) is 3.86. The van der Waals surface area contributed by atoms with Gasteiger partial charge in [-0.05, 0) is 19.3 Å². The van der Waals surface area contributed by atoms with Gasteiger partial charge >= 0.3 is 0 Å². The molecule has 4 rings (SSSR count). The number of aromatic nitrogens is 3. The smallest absolute Gasteiger partial charge is 0.276 e. The number of nitrogens with zero attached hydrogens (tertiary/aromatic N) is 4. The van der Waals surface area contributed by atoms with Crippen LogP contribution in [0.5, 0.6) is 0 Å². The van der Waals surface area contributed by atoms with E-state index in [1.54, 1.807) is 9.80 Å². The maximum absolute atomic E-state index is 12.7. The summed E-state index contributed by atoms with van der Waals surface area (Å²) < 4.78 is 25.5. The van der Waals surface area contributed by atoms with Crippen molar-refractivity contribution in [2.45, 2.75) is 37.4 Å². The molecule has 24 heavy (non-hydrogen) atoms. The van der Waals surface area contributed by atoms with Crippen molar-refractivity contribution in [1.82, 2.24) is 29.9 Å². The lowest BCUT2D eigenvalue weighted by atomic mass is 10.1. The van der Waals surface area contributed by atoms with Crippen LogP contribution < -0.4 is 4.72 Å². The molecule has 3 saturated heterocycles. The van der Waals surface area contributed by atoms with E-state index in [0.717, 1.165) is 12.8 Å². The van der Waals surface area contributed by atoms with Gasteiger partial charge in [0.25, 0.3) is 5.91 Å². The predicted octanol–water partition coefficient (Wildman–Crippen LogP) is -1.69. The van der Waals surface area contributed by atoms with Crippen LogP contribution in [0.25, 0.3) is 0 Å². The Morgan fingerprint density at radius 1 is 1.17 bits per heavy atom. The Labute approximate surface area is 138 Å². The van der Waals surface area contributed by atoms with Crippen LogP contribution in [0.2, 0.25) is 0 Å². The van der Waals surface area contributed by atoms with Gasteiger partial charge in [-0.25, -0.2) is 13.1 Å². The first-order valence-electron chi connectivity index (χ1n) is 7.92. The van der Waals surface area contributed by atoms with E-state index in [4.69, 9.17) is 0 Å².